The summed E-state index contributed by atoms with van der Waals surface area (Å²) < 4.78 is 0. The summed E-state index contributed by atoms with van der Waals surface area (Å²) in [6, 6.07) is 7.96. The molecule has 0 amide bonds. The summed E-state index contributed by atoms with van der Waals surface area (Å²) in [7, 11) is 0. The van der Waals surface area contributed by atoms with Crippen LogP contribution in [0.4, 0.5) is 0 Å². The Morgan fingerprint density at radius 2 is 2.18 bits per heavy atom. The van der Waals surface area contributed by atoms with Crippen molar-refractivity contribution in [2.24, 2.45) is 0 Å². The monoisotopic (exact) mass is 246 g/mol. The number of benzene rings is 1. The summed E-state index contributed by atoms with van der Waals surface area (Å²) in [6.45, 7) is 0. The average Bonchev–Trinajstić information content (AvgIpc) is 2.74. The summed E-state index contributed by atoms with van der Waals surface area (Å²) in [4.78, 5) is 19.5. The minimum absolute atomic E-state index is 0.101. The first-order valence-electron chi connectivity index (χ1n) is 5.97. The van der Waals surface area contributed by atoms with Gasteiger partial charge in [-0.3, -0.25) is 4.79 Å². The topological polar surface area (TPSA) is 45.8 Å². The van der Waals surface area contributed by atoms with Crippen LogP contribution >= 0.6 is 11.8 Å². The quantitative estimate of drug-likeness (QED) is 0.885. The second-order valence-electron chi connectivity index (χ2n) is 4.38. The van der Waals surface area contributed by atoms with Crippen LogP contribution in [0.5, 0.6) is 0 Å². The molecule has 3 rings (SSSR count). The summed E-state index contributed by atoms with van der Waals surface area (Å²) in [5.41, 5.74) is 2.01. The first-order chi connectivity index (χ1) is 8.33. The van der Waals surface area contributed by atoms with Crippen molar-refractivity contribution in [1.29, 1.82) is 0 Å². The molecular formula is C13H14N2OS. The number of thioether (sulfide) groups is 1. The zero-order valence-electron chi connectivity index (χ0n) is 9.48. The molecule has 4 heteroatoms. The van der Waals surface area contributed by atoms with Crippen LogP contribution in [0.2, 0.25) is 0 Å². The molecule has 1 atom stereocenters. The van der Waals surface area contributed by atoms with Crippen molar-refractivity contribution in [3.05, 3.63) is 24.3 Å². The highest BCUT2D eigenvalue weighted by Crippen LogP contribution is 2.30. The third-order valence-corrected chi connectivity index (χ3v) is 4.32. The van der Waals surface area contributed by atoms with Crippen molar-refractivity contribution in [3.63, 3.8) is 0 Å². The van der Waals surface area contributed by atoms with Crippen molar-refractivity contribution in [2.45, 2.75) is 36.1 Å². The molecule has 1 aliphatic rings. The molecule has 0 saturated heterocycles. The van der Waals surface area contributed by atoms with Gasteiger partial charge in [0, 0.05) is 6.42 Å². The molecule has 1 saturated carbocycles. The first-order valence-corrected chi connectivity index (χ1v) is 6.85. The number of H-pyrrole nitrogens is 1. The summed E-state index contributed by atoms with van der Waals surface area (Å²) >= 11 is 1.58. The van der Waals surface area contributed by atoms with Crippen molar-refractivity contribution in [2.75, 3.05) is 0 Å². The number of nitrogens with zero attached hydrogens (tertiary/aromatic N) is 1. The molecule has 1 aromatic carbocycles. The van der Waals surface area contributed by atoms with E-state index in [1.807, 2.05) is 24.3 Å². The molecule has 0 spiro atoms. The van der Waals surface area contributed by atoms with Crippen molar-refractivity contribution in [3.8, 4) is 0 Å². The first kappa shape index (κ1) is 10.8. The van der Waals surface area contributed by atoms with Gasteiger partial charge in [-0.25, -0.2) is 4.98 Å². The molecule has 1 fully saturated rings. The Balaban J connectivity index is 1.82. The number of para-hydroxylation sites is 2. The third kappa shape index (κ3) is 2.22. The molecule has 88 valence electrons. The van der Waals surface area contributed by atoms with Gasteiger partial charge in [0.05, 0.1) is 16.3 Å². The summed E-state index contributed by atoms with van der Waals surface area (Å²) in [6.07, 6.45) is 3.93. The number of carbonyl (C=O) groups excluding carboxylic acids is 1. The molecule has 3 nitrogen and oxygen atoms in total. The zero-order chi connectivity index (χ0) is 11.7. The van der Waals surface area contributed by atoms with Gasteiger partial charge in [0.2, 0.25) is 0 Å². The molecule has 0 radical (unpaired) electrons. The van der Waals surface area contributed by atoms with Crippen LogP contribution in [0.25, 0.3) is 11.0 Å². The molecule has 1 aliphatic carbocycles. The van der Waals surface area contributed by atoms with Gasteiger partial charge in [-0.1, -0.05) is 30.3 Å². The zero-order valence-corrected chi connectivity index (χ0v) is 10.3. The second-order valence-corrected chi connectivity index (χ2v) is 5.57. The van der Waals surface area contributed by atoms with Crippen molar-refractivity contribution < 1.29 is 4.79 Å². The molecule has 1 unspecified atom stereocenters. The van der Waals surface area contributed by atoms with Crippen molar-refractivity contribution >= 4 is 28.6 Å². The molecule has 17 heavy (non-hydrogen) atoms. The predicted octanol–water partition coefficient (Wildman–Crippen LogP) is 3.17. The number of Topliss-reactive ketones (excluding diaryl/α,β-unsaturated/α-hetero) is 1. The number of aromatic nitrogens is 2. The minimum atomic E-state index is 0.101. The van der Waals surface area contributed by atoms with Crippen LogP contribution in [0.15, 0.2) is 29.4 Å². The highest BCUT2D eigenvalue weighted by molar-refractivity contribution is 8.00. The lowest BCUT2D eigenvalue weighted by atomic mass is 9.99. The largest absolute Gasteiger partial charge is 0.333 e. The van der Waals surface area contributed by atoms with Crippen molar-refractivity contribution in [1.82, 2.24) is 9.97 Å². The van der Waals surface area contributed by atoms with E-state index in [4.69, 9.17) is 0 Å². The van der Waals surface area contributed by atoms with Crippen LogP contribution < -0.4 is 0 Å². The van der Waals surface area contributed by atoms with Crippen LogP contribution in [0.3, 0.4) is 0 Å². The fourth-order valence-corrected chi connectivity index (χ4v) is 3.32. The van der Waals surface area contributed by atoms with E-state index in [9.17, 15) is 4.79 Å². The molecule has 1 heterocycles. The maximum Gasteiger partial charge on any atom is 0.167 e. The van der Waals surface area contributed by atoms with Gasteiger partial charge < -0.3 is 4.98 Å². The van der Waals surface area contributed by atoms with Gasteiger partial charge >= 0.3 is 0 Å². The van der Waals surface area contributed by atoms with Gasteiger partial charge in [0.15, 0.2) is 5.16 Å². The number of carbonyl (C=O) groups is 1. The van der Waals surface area contributed by atoms with Gasteiger partial charge in [-0.05, 0) is 25.0 Å². The Kier molecular flexibility index (Phi) is 2.89. The Morgan fingerprint density at radius 3 is 3.00 bits per heavy atom. The summed E-state index contributed by atoms with van der Waals surface area (Å²) in [5.74, 6) is 0.377. The van der Waals surface area contributed by atoms with E-state index < -0.39 is 0 Å². The van der Waals surface area contributed by atoms with E-state index in [1.54, 1.807) is 11.8 Å². The molecule has 1 N–H and O–H groups in total. The SMILES string of the molecule is O=C1CCCCC1Sc1nc2ccccc2[nH]1. The standard InChI is InChI=1S/C13H14N2OS/c16-11-7-3-4-8-12(11)17-13-14-9-5-1-2-6-10(9)15-13/h1-2,5-6,12H,3-4,7-8H2,(H,14,15). The highest BCUT2D eigenvalue weighted by atomic mass is 32.2. The molecular weight excluding hydrogens is 232 g/mol. The Bertz CT molecular complexity index is 516. The van der Waals surface area contributed by atoms with Gasteiger partial charge in [0.25, 0.3) is 0 Å². The fraction of sp³-hybridized carbons (Fsp3) is 0.385. The summed E-state index contributed by atoms with van der Waals surface area (Å²) in [5, 5.41) is 0.968. The van der Waals surface area contributed by atoms with Gasteiger partial charge in [-0.15, -0.1) is 0 Å². The Hall–Kier alpha value is -1.29. The number of ketones is 1. The van der Waals surface area contributed by atoms with Crippen LogP contribution in [-0.2, 0) is 4.79 Å². The van der Waals surface area contributed by atoms with E-state index in [1.165, 1.54) is 0 Å². The normalized spacial score (nSPS) is 20.9. The van der Waals surface area contributed by atoms with E-state index in [0.717, 1.165) is 41.9 Å². The lowest BCUT2D eigenvalue weighted by Gasteiger charge is -2.18. The molecule has 2 aromatic rings. The third-order valence-electron chi connectivity index (χ3n) is 3.12. The van der Waals surface area contributed by atoms with E-state index in [-0.39, 0.29) is 5.25 Å². The van der Waals surface area contributed by atoms with E-state index >= 15 is 0 Å². The average molecular weight is 246 g/mol. The number of hydrogen-bond donors (Lipinski definition) is 1. The van der Waals surface area contributed by atoms with Gasteiger partial charge in [-0.2, -0.15) is 0 Å². The fourth-order valence-electron chi connectivity index (χ4n) is 2.20. The second kappa shape index (κ2) is 4.53. The van der Waals surface area contributed by atoms with E-state index in [0.29, 0.717) is 5.78 Å². The molecule has 0 aliphatic heterocycles. The van der Waals surface area contributed by atoms with Crippen LogP contribution in [-0.4, -0.2) is 21.0 Å². The van der Waals surface area contributed by atoms with E-state index in [2.05, 4.69) is 9.97 Å². The van der Waals surface area contributed by atoms with Crippen LogP contribution in [0, 0.1) is 0 Å². The number of imidazole rings is 1. The predicted molar refractivity (Wildman–Crippen MR) is 69.2 cm³/mol. The highest BCUT2D eigenvalue weighted by Gasteiger charge is 2.24. The maximum absolute atomic E-state index is 11.8. The molecule has 0 bridgehead atoms. The number of nitrogens with one attached hydrogen (secondary N) is 1. The maximum atomic E-state index is 11.8. The number of aromatic amines is 1. The molecule has 1 aromatic heterocycles. The Labute approximate surface area is 104 Å². The smallest absolute Gasteiger partial charge is 0.167 e. The Morgan fingerprint density at radius 1 is 1.29 bits per heavy atom. The van der Waals surface area contributed by atoms with Gasteiger partial charge in [0.1, 0.15) is 5.78 Å². The van der Waals surface area contributed by atoms with Crippen LogP contribution in [0.1, 0.15) is 25.7 Å². The lowest BCUT2D eigenvalue weighted by Crippen LogP contribution is -2.21. The lowest BCUT2D eigenvalue weighted by molar-refractivity contribution is -0.119. The minimum Gasteiger partial charge on any atom is -0.333 e. The number of fused-ring (bicyclic) bond motifs is 1. The number of hydrogen-bond acceptors (Lipinski definition) is 3. The number of rotatable bonds is 2.